The lowest BCUT2D eigenvalue weighted by molar-refractivity contribution is 0.397. The summed E-state index contributed by atoms with van der Waals surface area (Å²) in [6.07, 6.45) is 8.52. The number of nitrogens with one attached hydrogen (secondary N) is 1. The Morgan fingerprint density at radius 3 is 3.00 bits per heavy atom. The molecule has 0 unspecified atom stereocenters. The summed E-state index contributed by atoms with van der Waals surface area (Å²) in [6.45, 7) is 0.956. The monoisotopic (exact) mass is 221 g/mol. The zero-order valence-corrected chi connectivity index (χ0v) is 9.78. The van der Waals surface area contributed by atoms with Crippen LogP contribution in [0.1, 0.15) is 32.1 Å². The van der Waals surface area contributed by atoms with E-state index in [2.05, 4.69) is 15.3 Å². The molecular weight excluding hydrogens is 202 g/mol. The average Bonchev–Trinajstić information content (AvgIpc) is 2.82. The van der Waals surface area contributed by atoms with Gasteiger partial charge in [-0.3, -0.25) is 0 Å². The number of aromatic nitrogens is 2. The Labute approximate surface area is 96.4 Å². The molecule has 4 nitrogen and oxygen atoms in total. The molecule has 0 saturated heterocycles. The van der Waals surface area contributed by atoms with Crippen LogP contribution >= 0.6 is 0 Å². The highest BCUT2D eigenvalue weighted by Crippen LogP contribution is 2.27. The minimum Gasteiger partial charge on any atom is -0.481 e. The molecule has 0 radical (unpaired) electrons. The molecule has 1 saturated carbocycles. The molecule has 16 heavy (non-hydrogen) atoms. The number of rotatable bonds is 5. The molecule has 1 N–H and O–H groups in total. The van der Waals surface area contributed by atoms with Crippen molar-refractivity contribution in [1.82, 2.24) is 9.97 Å². The molecule has 0 amide bonds. The molecule has 1 fully saturated rings. The topological polar surface area (TPSA) is 47.0 Å². The molecule has 0 atom stereocenters. The molecule has 0 bridgehead atoms. The summed E-state index contributed by atoms with van der Waals surface area (Å²) in [7, 11) is 1.62. The summed E-state index contributed by atoms with van der Waals surface area (Å²) >= 11 is 0. The molecule has 1 aromatic rings. The van der Waals surface area contributed by atoms with Gasteiger partial charge in [-0.2, -0.15) is 4.98 Å². The first-order valence-corrected chi connectivity index (χ1v) is 5.99. The summed E-state index contributed by atoms with van der Waals surface area (Å²) in [4.78, 5) is 8.36. The van der Waals surface area contributed by atoms with Gasteiger partial charge in [-0.05, 0) is 12.3 Å². The molecule has 0 aromatic carbocycles. The fourth-order valence-corrected chi connectivity index (χ4v) is 2.23. The van der Waals surface area contributed by atoms with Gasteiger partial charge in [-0.1, -0.05) is 25.7 Å². The van der Waals surface area contributed by atoms with Crippen LogP contribution in [0.3, 0.4) is 0 Å². The van der Waals surface area contributed by atoms with Gasteiger partial charge in [-0.25, -0.2) is 4.98 Å². The Hall–Kier alpha value is -1.32. The van der Waals surface area contributed by atoms with Crippen molar-refractivity contribution < 1.29 is 4.74 Å². The van der Waals surface area contributed by atoms with E-state index in [-0.39, 0.29) is 0 Å². The van der Waals surface area contributed by atoms with Gasteiger partial charge in [0.1, 0.15) is 0 Å². The van der Waals surface area contributed by atoms with Crippen molar-refractivity contribution in [3.8, 4) is 5.88 Å². The Morgan fingerprint density at radius 1 is 1.44 bits per heavy atom. The van der Waals surface area contributed by atoms with Gasteiger partial charge in [0, 0.05) is 18.8 Å². The predicted molar refractivity (Wildman–Crippen MR) is 63.6 cm³/mol. The molecular formula is C12H19N3O. The zero-order valence-electron chi connectivity index (χ0n) is 9.78. The van der Waals surface area contributed by atoms with Gasteiger partial charge in [0.15, 0.2) is 0 Å². The average molecular weight is 221 g/mol. The summed E-state index contributed by atoms with van der Waals surface area (Å²) in [5.41, 5.74) is 0. The van der Waals surface area contributed by atoms with E-state index in [1.54, 1.807) is 19.4 Å². The fraction of sp³-hybridized carbons (Fsp3) is 0.667. The van der Waals surface area contributed by atoms with Crippen LogP contribution in [0.25, 0.3) is 0 Å². The number of hydrogen-bond donors (Lipinski definition) is 1. The number of methoxy groups -OCH3 is 1. The van der Waals surface area contributed by atoms with Crippen LogP contribution in [0.2, 0.25) is 0 Å². The van der Waals surface area contributed by atoms with E-state index in [0.717, 1.165) is 12.5 Å². The molecule has 1 aromatic heterocycles. The minimum absolute atomic E-state index is 0.610. The minimum atomic E-state index is 0.610. The van der Waals surface area contributed by atoms with Gasteiger partial charge in [-0.15, -0.1) is 0 Å². The lowest BCUT2D eigenvalue weighted by Crippen LogP contribution is -2.09. The summed E-state index contributed by atoms with van der Waals surface area (Å²) in [6, 6.07) is 1.75. The lowest BCUT2D eigenvalue weighted by Gasteiger charge is -2.09. The van der Waals surface area contributed by atoms with Gasteiger partial charge in [0.25, 0.3) is 0 Å². The second-order valence-corrected chi connectivity index (χ2v) is 4.29. The predicted octanol–water partition coefficient (Wildman–Crippen LogP) is 2.48. The normalized spacial score (nSPS) is 16.3. The van der Waals surface area contributed by atoms with Crippen molar-refractivity contribution in [2.24, 2.45) is 5.92 Å². The van der Waals surface area contributed by atoms with E-state index in [9.17, 15) is 0 Å². The maximum absolute atomic E-state index is 5.04. The number of nitrogens with zero attached hydrogens (tertiary/aromatic N) is 2. The molecule has 4 heteroatoms. The first kappa shape index (κ1) is 11.2. The van der Waals surface area contributed by atoms with Crippen LogP contribution < -0.4 is 10.1 Å². The molecule has 88 valence electrons. The van der Waals surface area contributed by atoms with E-state index < -0.39 is 0 Å². The summed E-state index contributed by atoms with van der Waals surface area (Å²) < 4.78 is 5.04. The Kier molecular flexibility index (Phi) is 3.97. The van der Waals surface area contributed by atoms with Gasteiger partial charge in [0.05, 0.1) is 7.11 Å². The SMILES string of the molecule is COc1ccnc(NCCC2CCCC2)n1. The lowest BCUT2D eigenvalue weighted by atomic mass is 10.0. The molecule has 1 aliphatic rings. The first-order chi connectivity index (χ1) is 7.88. The quantitative estimate of drug-likeness (QED) is 0.829. The highest BCUT2D eigenvalue weighted by atomic mass is 16.5. The van der Waals surface area contributed by atoms with E-state index in [4.69, 9.17) is 4.74 Å². The van der Waals surface area contributed by atoms with Crippen LogP contribution in [0.15, 0.2) is 12.3 Å². The largest absolute Gasteiger partial charge is 0.481 e. The van der Waals surface area contributed by atoms with E-state index in [1.165, 1.54) is 32.1 Å². The molecule has 1 heterocycles. The number of anilines is 1. The van der Waals surface area contributed by atoms with Crippen LogP contribution in [0, 0.1) is 5.92 Å². The van der Waals surface area contributed by atoms with Crippen LogP contribution in [-0.2, 0) is 0 Å². The van der Waals surface area contributed by atoms with Crippen molar-refractivity contribution in [2.45, 2.75) is 32.1 Å². The highest BCUT2D eigenvalue weighted by molar-refractivity contribution is 5.27. The van der Waals surface area contributed by atoms with Gasteiger partial charge < -0.3 is 10.1 Å². The third-order valence-electron chi connectivity index (χ3n) is 3.15. The van der Waals surface area contributed by atoms with Crippen LogP contribution in [-0.4, -0.2) is 23.6 Å². The number of ether oxygens (including phenoxy) is 1. The smallest absolute Gasteiger partial charge is 0.225 e. The molecule has 0 aliphatic heterocycles. The van der Waals surface area contributed by atoms with Crippen molar-refractivity contribution in [1.29, 1.82) is 0 Å². The van der Waals surface area contributed by atoms with Crippen LogP contribution in [0.4, 0.5) is 5.95 Å². The van der Waals surface area contributed by atoms with Crippen molar-refractivity contribution in [3.63, 3.8) is 0 Å². The third kappa shape index (κ3) is 3.08. The van der Waals surface area contributed by atoms with E-state index in [1.807, 2.05) is 0 Å². The third-order valence-corrected chi connectivity index (χ3v) is 3.15. The van der Waals surface area contributed by atoms with Gasteiger partial charge in [0.2, 0.25) is 11.8 Å². The summed E-state index contributed by atoms with van der Waals surface area (Å²) in [5, 5.41) is 3.24. The Balaban J connectivity index is 1.75. The van der Waals surface area contributed by atoms with Crippen molar-refractivity contribution in [3.05, 3.63) is 12.3 Å². The Morgan fingerprint density at radius 2 is 2.25 bits per heavy atom. The van der Waals surface area contributed by atoms with Crippen molar-refractivity contribution in [2.75, 3.05) is 19.0 Å². The zero-order chi connectivity index (χ0) is 11.2. The molecule has 0 spiro atoms. The Bertz CT molecular complexity index is 324. The standard InChI is InChI=1S/C12H19N3O/c1-16-11-7-9-14-12(15-11)13-8-6-10-4-2-3-5-10/h7,9-10H,2-6,8H2,1H3,(H,13,14,15). The van der Waals surface area contributed by atoms with E-state index in [0.29, 0.717) is 11.8 Å². The maximum atomic E-state index is 5.04. The molecule has 1 aliphatic carbocycles. The van der Waals surface area contributed by atoms with Gasteiger partial charge >= 0.3 is 0 Å². The van der Waals surface area contributed by atoms with Crippen LogP contribution in [0.5, 0.6) is 5.88 Å². The fourth-order valence-electron chi connectivity index (χ4n) is 2.23. The number of hydrogen-bond acceptors (Lipinski definition) is 4. The highest BCUT2D eigenvalue weighted by Gasteiger charge is 2.14. The van der Waals surface area contributed by atoms with Crippen molar-refractivity contribution >= 4 is 5.95 Å². The summed E-state index contributed by atoms with van der Waals surface area (Å²) in [5.74, 6) is 2.17. The van der Waals surface area contributed by atoms with E-state index >= 15 is 0 Å². The first-order valence-electron chi connectivity index (χ1n) is 5.99. The second kappa shape index (κ2) is 5.68. The molecule has 2 rings (SSSR count). The second-order valence-electron chi connectivity index (χ2n) is 4.29. The maximum Gasteiger partial charge on any atom is 0.225 e.